The first-order valence-electron chi connectivity index (χ1n) is 8.00. The van der Waals surface area contributed by atoms with Crippen molar-refractivity contribution < 1.29 is 9.13 Å². The fourth-order valence-corrected chi connectivity index (χ4v) is 3.41. The molecule has 0 saturated carbocycles. The van der Waals surface area contributed by atoms with E-state index in [9.17, 15) is 4.39 Å². The van der Waals surface area contributed by atoms with Crippen molar-refractivity contribution in [1.29, 1.82) is 0 Å². The summed E-state index contributed by atoms with van der Waals surface area (Å²) in [5.74, 6) is 0.511. The summed E-state index contributed by atoms with van der Waals surface area (Å²) >= 11 is 0. The first kappa shape index (κ1) is 14.4. The second kappa shape index (κ2) is 5.78. The standard InChI is InChI=1S/C19H19FN2O/c1-22-9-6-13(7-10-22)19-15-3-2-8-21-17(15)12-23-18-5-4-14(20)11-16(18)19/h2-5,8,11H,6-7,9-10,12H2,1H3. The van der Waals surface area contributed by atoms with Crippen molar-refractivity contribution in [3.63, 3.8) is 0 Å². The Morgan fingerprint density at radius 3 is 2.78 bits per heavy atom. The van der Waals surface area contributed by atoms with Crippen LogP contribution >= 0.6 is 0 Å². The highest BCUT2D eigenvalue weighted by Gasteiger charge is 2.25. The molecule has 1 fully saturated rings. The Hall–Kier alpha value is -2.20. The van der Waals surface area contributed by atoms with E-state index < -0.39 is 0 Å². The Labute approximate surface area is 135 Å². The van der Waals surface area contributed by atoms with Crippen molar-refractivity contribution in [3.05, 3.63) is 64.7 Å². The van der Waals surface area contributed by atoms with Gasteiger partial charge in [0.15, 0.2) is 0 Å². The molecule has 1 saturated heterocycles. The number of halogens is 1. The Morgan fingerprint density at radius 2 is 1.96 bits per heavy atom. The molecule has 0 radical (unpaired) electrons. The van der Waals surface area contributed by atoms with Gasteiger partial charge in [0.25, 0.3) is 0 Å². The van der Waals surface area contributed by atoms with E-state index in [2.05, 4.69) is 23.0 Å². The molecule has 0 bridgehead atoms. The van der Waals surface area contributed by atoms with Crippen molar-refractivity contribution in [2.75, 3.05) is 20.1 Å². The molecule has 2 aromatic rings. The Kier molecular flexibility index (Phi) is 3.62. The summed E-state index contributed by atoms with van der Waals surface area (Å²) in [6, 6.07) is 8.80. The third-order valence-corrected chi connectivity index (χ3v) is 4.68. The molecule has 0 unspecified atom stereocenters. The van der Waals surface area contributed by atoms with Crippen molar-refractivity contribution in [2.45, 2.75) is 19.4 Å². The molecular formula is C19H19FN2O. The van der Waals surface area contributed by atoms with E-state index in [0.29, 0.717) is 6.61 Å². The summed E-state index contributed by atoms with van der Waals surface area (Å²) in [6.07, 6.45) is 3.78. The molecular weight excluding hydrogens is 291 g/mol. The van der Waals surface area contributed by atoms with Crippen LogP contribution in [0.5, 0.6) is 5.75 Å². The highest BCUT2D eigenvalue weighted by molar-refractivity contribution is 5.86. The van der Waals surface area contributed by atoms with Gasteiger partial charge in [0, 0.05) is 30.4 Å². The van der Waals surface area contributed by atoms with E-state index in [1.807, 2.05) is 6.07 Å². The number of likely N-dealkylation sites (tertiary alicyclic amines) is 1. The summed E-state index contributed by atoms with van der Waals surface area (Å²) in [5.41, 5.74) is 5.35. The van der Waals surface area contributed by atoms with Crippen LogP contribution in [0.15, 0.2) is 42.1 Å². The highest BCUT2D eigenvalue weighted by Crippen LogP contribution is 2.40. The van der Waals surface area contributed by atoms with Gasteiger partial charge in [-0.1, -0.05) is 11.6 Å². The number of hydrogen-bond acceptors (Lipinski definition) is 3. The van der Waals surface area contributed by atoms with Crippen LogP contribution in [-0.4, -0.2) is 30.0 Å². The molecule has 2 aliphatic heterocycles. The van der Waals surface area contributed by atoms with Crippen LogP contribution in [0.25, 0.3) is 5.57 Å². The molecule has 2 aliphatic rings. The quantitative estimate of drug-likeness (QED) is 0.743. The Bertz CT molecular complexity index is 775. The number of ether oxygens (including phenoxy) is 1. The smallest absolute Gasteiger partial charge is 0.131 e. The summed E-state index contributed by atoms with van der Waals surface area (Å²) in [6.45, 7) is 2.48. The average Bonchev–Trinajstić information content (AvgIpc) is 2.72. The predicted molar refractivity (Wildman–Crippen MR) is 87.7 cm³/mol. The molecule has 1 aromatic heterocycles. The summed E-state index contributed by atoms with van der Waals surface area (Å²) < 4.78 is 19.8. The van der Waals surface area contributed by atoms with E-state index in [-0.39, 0.29) is 5.82 Å². The van der Waals surface area contributed by atoms with Crippen LogP contribution in [0.2, 0.25) is 0 Å². The van der Waals surface area contributed by atoms with Gasteiger partial charge >= 0.3 is 0 Å². The molecule has 0 aliphatic carbocycles. The van der Waals surface area contributed by atoms with Crippen molar-refractivity contribution in [3.8, 4) is 5.75 Å². The van der Waals surface area contributed by atoms with Gasteiger partial charge in [-0.25, -0.2) is 4.39 Å². The lowest BCUT2D eigenvalue weighted by Gasteiger charge is -2.27. The van der Waals surface area contributed by atoms with Crippen molar-refractivity contribution in [1.82, 2.24) is 9.88 Å². The number of piperidine rings is 1. The maximum absolute atomic E-state index is 13.9. The van der Waals surface area contributed by atoms with Gasteiger partial charge < -0.3 is 9.64 Å². The van der Waals surface area contributed by atoms with Gasteiger partial charge in [0.2, 0.25) is 0 Å². The summed E-state index contributed by atoms with van der Waals surface area (Å²) in [7, 11) is 2.14. The number of pyridine rings is 1. The fourth-order valence-electron chi connectivity index (χ4n) is 3.41. The molecule has 23 heavy (non-hydrogen) atoms. The van der Waals surface area contributed by atoms with Gasteiger partial charge in [-0.15, -0.1) is 0 Å². The number of aromatic nitrogens is 1. The first-order valence-corrected chi connectivity index (χ1v) is 8.00. The first-order chi connectivity index (χ1) is 11.2. The Balaban J connectivity index is 1.95. The predicted octanol–water partition coefficient (Wildman–Crippen LogP) is 3.64. The van der Waals surface area contributed by atoms with Crippen LogP contribution in [0.4, 0.5) is 4.39 Å². The van der Waals surface area contributed by atoms with E-state index in [1.165, 1.54) is 11.6 Å². The second-order valence-electron chi connectivity index (χ2n) is 6.21. The number of benzene rings is 1. The molecule has 4 rings (SSSR count). The maximum Gasteiger partial charge on any atom is 0.131 e. The molecule has 4 heteroatoms. The lowest BCUT2D eigenvalue weighted by atomic mass is 9.88. The Morgan fingerprint density at radius 1 is 1.13 bits per heavy atom. The van der Waals surface area contributed by atoms with Crippen molar-refractivity contribution in [2.24, 2.45) is 0 Å². The molecule has 118 valence electrons. The zero-order valence-corrected chi connectivity index (χ0v) is 13.2. The third-order valence-electron chi connectivity index (χ3n) is 4.68. The van der Waals surface area contributed by atoms with Crippen molar-refractivity contribution >= 4 is 5.57 Å². The zero-order valence-electron chi connectivity index (χ0n) is 13.2. The minimum absolute atomic E-state index is 0.231. The third kappa shape index (κ3) is 2.63. The molecule has 0 N–H and O–H groups in total. The normalized spacial score (nSPS) is 18.0. The lowest BCUT2D eigenvalue weighted by molar-refractivity contribution is 0.302. The number of fused-ring (bicyclic) bond motifs is 2. The van der Waals surface area contributed by atoms with E-state index >= 15 is 0 Å². The molecule has 0 amide bonds. The van der Waals surface area contributed by atoms with Crippen LogP contribution in [-0.2, 0) is 6.61 Å². The van der Waals surface area contributed by atoms with Gasteiger partial charge in [0.1, 0.15) is 18.2 Å². The van der Waals surface area contributed by atoms with Crippen LogP contribution in [0.1, 0.15) is 29.7 Å². The maximum atomic E-state index is 13.9. The van der Waals surface area contributed by atoms with E-state index in [4.69, 9.17) is 4.74 Å². The molecule has 3 heterocycles. The van der Waals surface area contributed by atoms with Gasteiger partial charge in [0.05, 0.1) is 5.69 Å². The molecule has 3 nitrogen and oxygen atoms in total. The number of hydrogen-bond donors (Lipinski definition) is 0. The van der Waals surface area contributed by atoms with Crippen LogP contribution in [0.3, 0.4) is 0 Å². The van der Waals surface area contributed by atoms with E-state index in [0.717, 1.165) is 54.1 Å². The minimum atomic E-state index is -0.231. The topological polar surface area (TPSA) is 25.4 Å². The van der Waals surface area contributed by atoms with E-state index in [1.54, 1.807) is 18.3 Å². The number of rotatable bonds is 0. The van der Waals surface area contributed by atoms with Gasteiger partial charge in [-0.05, 0) is 49.7 Å². The monoisotopic (exact) mass is 310 g/mol. The van der Waals surface area contributed by atoms with Crippen LogP contribution < -0.4 is 4.74 Å². The summed E-state index contributed by atoms with van der Waals surface area (Å²) in [4.78, 5) is 6.81. The minimum Gasteiger partial charge on any atom is -0.487 e. The molecule has 1 aromatic carbocycles. The van der Waals surface area contributed by atoms with Gasteiger partial charge in [-0.3, -0.25) is 4.98 Å². The fraction of sp³-hybridized carbons (Fsp3) is 0.316. The zero-order chi connectivity index (χ0) is 15.8. The SMILES string of the molecule is CN1CCC(=C2c3cc(F)ccc3OCc3ncccc32)CC1. The number of nitrogens with zero attached hydrogens (tertiary/aromatic N) is 2. The molecule has 0 atom stereocenters. The average molecular weight is 310 g/mol. The van der Waals surface area contributed by atoms with Crippen LogP contribution in [0, 0.1) is 5.82 Å². The molecule has 0 spiro atoms. The second-order valence-corrected chi connectivity index (χ2v) is 6.21. The van der Waals surface area contributed by atoms with Gasteiger partial charge in [-0.2, -0.15) is 0 Å². The summed E-state index contributed by atoms with van der Waals surface area (Å²) in [5, 5.41) is 0. The largest absolute Gasteiger partial charge is 0.487 e. The highest BCUT2D eigenvalue weighted by atomic mass is 19.1. The lowest BCUT2D eigenvalue weighted by Crippen LogP contribution is -2.27.